The third-order valence-electron chi connectivity index (χ3n) is 6.36. The van der Waals surface area contributed by atoms with Crippen LogP contribution in [-0.4, -0.2) is 69.8 Å². The van der Waals surface area contributed by atoms with Crippen LogP contribution in [0.25, 0.3) is 10.9 Å². The lowest BCUT2D eigenvalue weighted by Gasteiger charge is -2.46. The van der Waals surface area contributed by atoms with Crippen molar-refractivity contribution in [3.8, 4) is 5.88 Å². The van der Waals surface area contributed by atoms with Gasteiger partial charge in [0.2, 0.25) is 17.7 Å². The van der Waals surface area contributed by atoms with Crippen molar-refractivity contribution in [2.75, 3.05) is 38.2 Å². The summed E-state index contributed by atoms with van der Waals surface area (Å²) >= 11 is 0. The van der Waals surface area contributed by atoms with E-state index in [1.54, 1.807) is 7.11 Å². The monoisotopic (exact) mass is 421 g/mol. The van der Waals surface area contributed by atoms with E-state index in [1.165, 1.54) is 0 Å². The molecule has 2 aliphatic heterocycles. The van der Waals surface area contributed by atoms with Crippen molar-refractivity contribution in [2.24, 2.45) is 0 Å². The van der Waals surface area contributed by atoms with Gasteiger partial charge in [-0.2, -0.15) is 10.1 Å². The molecule has 1 spiro atoms. The molecule has 5 rings (SSSR count). The number of piperidine rings is 1. The number of aromatic nitrogens is 4. The van der Waals surface area contributed by atoms with Crippen molar-refractivity contribution >= 4 is 22.8 Å². The van der Waals surface area contributed by atoms with Gasteiger partial charge in [-0.15, -0.1) is 0 Å². The summed E-state index contributed by atoms with van der Waals surface area (Å²) in [5.74, 6) is 1.38. The van der Waals surface area contributed by atoms with Crippen LogP contribution in [0.1, 0.15) is 24.2 Å². The first-order valence-corrected chi connectivity index (χ1v) is 10.7. The van der Waals surface area contributed by atoms with E-state index in [-0.39, 0.29) is 5.91 Å². The Morgan fingerprint density at radius 1 is 1.16 bits per heavy atom. The average molecular weight is 422 g/mol. The molecule has 2 N–H and O–H groups in total. The van der Waals surface area contributed by atoms with E-state index in [0.29, 0.717) is 50.8 Å². The van der Waals surface area contributed by atoms with E-state index in [0.717, 1.165) is 28.8 Å². The van der Waals surface area contributed by atoms with Gasteiger partial charge in [-0.25, -0.2) is 4.98 Å². The number of anilines is 1. The number of piperazine rings is 1. The minimum Gasteiger partial charge on any atom is -0.481 e. The lowest BCUT2D eigenvalue weighted by molar-refractivity contribution is -0.143. The highest BCUT2D eigenvalue weighted by molar-refractivity contribution is 5.88. The van der Waals surface area contributed by atoms with Crippen molar-refractivity contribution in [3.63, 3.8) is 0 Å². The van der Waals surface area contributed by atoms with Gasteiger partial charge in [0.15, 0.2) is 0 Å². The number of hydrogen-bond donors (Lipinski definition) is 2. The summed E-state index contributed by atoms with van der Waals surface area (Å²) < 4.78 is 5.29. The van der Waals surface area contributed by atoms with Gasteiger partial charge in [0.1, 0.15) is 5.54 Å². The number of para-hydroxylation sites is 1. The van der Waals surface area contributed by atoms with E-state index >= 15 is 0 Å². The van der Waals surface area contributed by atoms with Gasteiger partial charge in [-0.3, -0.25) is 9.89 Å². The maximum Gasteiger partial charge on any atom is 0.243 e. The van der Waals surface area contributed by atoms with E-state index < -0.39 is 5.54 Å². The minimum atomic E-state index is -0.533. The Bertz CT molecular complexity index is 1100. The van der Waals surface area contributed by atoms with Crippen LogP contribution in [0, 0.1) is 6.92 Å². The number of benzene rings is 1. The molecule has 2 saturated heterocycles. The van der Waals surface area contributed by atoms with Crippen LogP contribution in [0.4, 0.5) is 5.95 Å². The molecule has 0 saturated carbocycles. The number of aromatic amines is 1. The highest BCUT2D eigenvalue weighted by Crippen LogP contribution is 2.30. The topological polar surface area (TPSA) is 99.3 Å². The molecule has 0 unspecified atom stereocenters. The van der Waals surface area contributed by atoms with E-state index in [1.807, 2.05) is 42.2 Å². The Labute approximate surface area is 180 Å². The van der Waals surface area contributed by atoms with Gasteiger partial charge >= 0.3 is 0 Å². The van der Waals surface area contributed by atoms with Crippen LogP contribution in [0.15, 0.2) is 30.3 Å². The fourth-order valence-electron chi connectivity index (χ4n) is 4.63. The van der Waals surface area contributed by atoms with Crippen LogP contribution in [0.2, 0.25) is 0 Å². The van der Waals surface area contributed by atoms with Gasteiger partial charge in [0.25, 0.3) is 0 Å². The predicted molar refractivity (Wildman–Crippen MR) is 117 cm³/mol. The lowest BCUT2D eigenvalue weighted by atomic mass is 9.84. The number of nitrogens with one attached hydrogen (secondary N) is 2. The quantitative estimate of drug-likeness (QED) is 0.661. The fourth-order valence-corrected chi connectivity index (χ4v) is 4.63. The van der Waals surface area contributed by atoms with Crippen LogP contribution < -0.4 is 15.0 Å². The van der Waals surface area contributed by atoms with Crippen molar-refractivity contribution in [3.05, 3.63) is 41.7 Å². The zero-order valence-corrected chi connectivity index (χ0v) is 17.9. The molecular formula is C22H27N7O2. The molecule has 3 aromatic rings. The molecule has 2 aliphatic rings. The SMILES string of the molecule is COc1cc(C)nc(N2CCC3(CC2)NCCN(Cc2n[nH]c4ccccc24)C3=O)n1. The van der Waals surface area contributed by atoms with Crippen molar-refractivity contribution in [1.29, 1.82) is 0 Å². The highest BCUT2D eigenvalue weighted by atomic mass is 16.5. The van der Waals surface area contributed by atoms with E-state index in [2.05, 4.69) is 30.4 Å². The molecule has 9 heteroatoms. The Kier molecular flexibility index (Phi) is 4.97. The summed E-state index contributed by atoms with van der Waals surface area (Å²) in [4.78, 5) is 26.6. The summed E-state index contributed by atoms with van der Waals surface area (Å²) in [6.45, 7) is 5.34. The minimum absolute atomic E-state index is 0.160. The van der Waals surface area contributed by atoms with Gasteiger partial charge in [0, 0.05) is 43.3 Å². The maximum atomic E-state index is 13.5. The number of amides is 1. The van der Waals surface area contributed by atoms with Crippen LogP contribution in [-0.2, 0) is 11.3 Å². The molecule has 1 aromatic carbocycles. The number of aryl methyl sites for hydroxylation is 1. The summed E-state index contributed by atoms with van der Waals surface area (Å²) in [5.41, 5.74) is 2.25. The van der Waals surface area contributed by atoms with Crippen LogP contribution in [0.3, 0.4) is 0 Å². The Balaban J connectivity index is 1.31. The van der Waals surface area contributed by atoms with Crippen molar-refractivity contribution in [2.45, 2.75) is 31.8 Å². The molecule has 0 atom stereocenters. The summed E-state index contributed by atoms with van der Waals surface area (Å²) in [6.07, 6.45) is 1.42. The maximum absolute atomic E-state index is 13.5. The number of fused-ring (bicyclic) bond motifs is 1. The standard InChI is InChI=1S/C22H27N7O2/c1-15-13-19(31-2)25-21(24-15)28-10-7-22(8-11-28)20(30)29(12-9-23-22)14-18-16-5-3-4-6-17(16)26-27-18/h3-6,13,23H,7-12,14H2,1-2H3,(H,26,27). The normalized spacial score (nSPS) is 18.7. The number of carbonyl (C=O) groups is 1. The second-order valence-corrected chi connectivity index (χ2v) is 8.29. The number of carbonyl (C=O) groups excluding carboxylic acids is 1. The van der Waals surface area contributed by atoms with Gasteiger partial charge < -0.3 is 19.9 Å². The summed E-state index contributed by atoms with van der Waals surface area (Å²) in [7, 11) is 1.61. The third-order valence-corrected chi connectivity index (χ3v) is 6.36. The predicted octanol–water partition coefficient (Wildman–Crippen LogP) is 1.64. The van der Waals surface area contributed by atoms with E-state index in [9.17, 15) is 4.79 Å². The molecule has 162 valence electrons. The zero-order chi connectivity index (χ0) is 21.4. The number of methoxy groups -OCH3 is 1. The Hall–Kier alpha value is -3.20. The van der Waals surface area contributed by atoms with Crippen molar-refractivity contribution < 1.29 is 9.53 Å². The second-order valence-electron chi connectivity index (χ2n) is 8.29. The fraction of sp³-hybridized carbons (Fsp3) is 0.455. The molecule has 4 heterocycles. The molecule has 0 bridgehead atoms. The number of ether oxygens (including phenoxy) is 1. The van der Waals surface area contributed by atoms with Gasteiger partial charge in [-0.1, -0.05) is 18.2 Å². The molecular weight excluding hydrogens is 394 g/mol. The number of hydrogen-bond acceptors (Lipinski definition) is 7. The van der Waals surface area contributed by atoms with Crippen LogP contribution >= 0.6 is 0 Å². The number of H-pyrrole nitrogens is 1. The number of rotatable bonds is 4. The highest BCUT2D eigenvalue weighted by Gasteiger charge is 2.46. The molecule has 9 nitrogen and oxygen atoms in total. The molecule has 1 amide bonds. The first-order chi connectivity index (χ1) is 15.1. The molecule has 2 fully saturated rings. The van der Waals surface area contributed by atoms with Crippen LogP contribution in [0.5, 0.6) is 5.88 Å². The first-order valence-electron chi connectivity index (χ1n) is 10.7. The third kappa shape index (κ3) is 3.59. The van der Waals surface area contributed by atoms with Gasteiger partial charge in [0.05, 0.1) is 24.9 Å². The second kappa shape index (κ2) is 7.81. The first kappa shape index (κ1) is 19.7. The average Bonchev–Trinajstić information content (AvgIpc) is 3.20. The lowest BCUT2D eigenvalue weighted by Crippen LogP contribution is -2.67. The summed E-state index contributed by atoms with van der Waals surface area (Å²) in [6, 6.07) is 9.85. The molecule has 0 aliphatic carbocycles. The van der Waals surface area contributed by atoms with Crippen molar-refractivity contribution in [1.82, 2.24) is 30.4 Å². The largest absolute Gasteiger partial charge is 0.481 e. The molecule has 31 heavy (non-hydrogen) atoms. The molecule has 0 radical (unpaired) electrons. The van der Waals surface area contributed by atoms with Gasteiger partial charge in [-0.05, 0) is 25.8 Å². The van der Waals surface area contributed by atoms with E-state index in [4.69, 9.17) is 4.74 Å². The Morgan fingerprint density at radius 2 is 1.97 bits per heavy atom. The Morgan fingerprint density at radius 3 is 2.77 bits per heavy atom. The molecule has 2 aromatic heterocycles. The smallest absolute Gasteiger partial charge is 0.243 e. The summed E-state index contributed by atoms with van der Waals surface area (Å²) in [5, 5.41) is 12.1. The zero-order valence-electron chi connectivity index (χ0n) is 17.9. The number of nitrogens with zero attached hydrogens (tertiary/aromatic N) is 5.